The maximum Gasteiger partial charge on any atom is 0.530 e. The van der Waals surface area contributed by atoms with Gasteiger partial charge in [-0.2, -0.15) is 0 Å². The zero-order valence-electron chi connectivity index (χ0n) is 14.0. The quantitative estimate of drug-likeness (QED) is 0.579. The molecule has 0 radical (unpaired) electrons. The lowest BCUT2D eigenvalue weighted by Gasteiger charge is -2.25. The number of nitrogens with one attached hydrogen (secondary N) is 1. The number of hydrogen-bond donors (Lipinski definition) is 1. The number of phosphoric acid groups is 1. The van der Waals surface area contributed by atoms with E-state index in [1.54, 1.807) is 30.5 Å². The number of nitrogens with zero attached hydrogens (tertiary/aromatic N) is 1. The number of ether oxygens (including phenoxy) is 1. The summed E-state index contributed by atoms with van der Waals surface area (Å²) in [6.45, 7) is 0.105. The summed E-state index contributed by atoms with van der Waals surface area (Å²) >= 11 is 10.8. The van der Waals surface area contributed by atoms with Crippen LogP contribution in [0.25, 0.3) is 0 Å². The first-order chi connectivity index (χ1) is 12.9. The minimum atomic E-state index is -3.73. The number of phosphoric ester groups is 1. The third-order valence-electron chi connectivity index (χ3n) is 4.28. The van der Waals surface area contributed by atoms with Crippen molar-refractivity contribution in [3.8, 4) is 5.75 Å². The maximum atomic E-state index is 12.7. The third kappa shape index (κ3) is 4.18. The number of fused-ring (bicyclic) bond motifs is 1. The highest BCUT2D eigenvalue weighted by molar-refractivity contribution is 7.71. The van der Waals surface area contributed by atoms with Crippen LogP contribution in [-0.4, -0.2) is 22.3 Å². The summed E-state index contributed by atoms with van der Waals surface area (Å²) in [4.78, 5) is 14.5. The molecule has 0 aliphatic carbocycles. The molecule has 1 fully saturated rings. The van der Waals surface area contributed by atoms with Crippen LogP contribution >= 0.6 is 31.6 Å². The lowest BCUT2D eigenvalue weighted by molar-refractivity contribution is -0.0264. The third-order valence-corrected chi connectivity index (χ3v) is 6.08. The number of benzene rings is 1. The van der Waals surface area contributed by atoms with Gasteiger partial charge in [0.2, 0.25) is 0 Å². The van der Waals surface area contributed by atoms with E-state index >= 15 is 0 Å². The van der Waals surface area contributed by atoms with Crippen molar-refractivity contribution in [2.24, 2.45) is 0 Å². The molecule has 27 heavy (non-hydrogen) atoms. The lowest BCUT2D eigenvalue weighted by Crippen LogP contribution is -2.27. The second-order valence-corrected chi connectivity index (χ2v) is 8.64. The van der Waals surface area contributed by atoms with Gasteiger partial charge in [-0.05, 0) is 37.1 Å². The molecular weight excluding hydrogens is 415 g/mol. The van der Waals surface area contributed by atoms with Crippen molar-refractivity contribution in [1.82, 2.24) is 9.55 Å². The van der Waals surface area contributed by atoms with Gasteiger partial charge in [0.1, 0.15) is 16.6 Å². The van der Waals surface area contributed by atoms with Crippen molar-refractivity contribution in [3.63, 3.8) is 0 Å². The molecule has 0 spiro atoms. The van der Waals surface area contributed by atoms with E-state index in [1.807, 2.05) is 0 Å². The maximum absolute atomic E-state index is 12.7. The molecule has 1 saturated heterocycles. The van der Waals surface area contributed by atoms with Crippen LogP contribution in [0, 0.1) is 4.64 Å². The number of aromatic amines is 1. The lowest BCUT2D eigenvalue weighted by atomic mass is 10.2. The van der Waals surface area contributed by atoms with Gasteiger partial charge in [-0.25, -0.2) is 9.36 Å². The predicted octanol–water partition coefficient (Wildman–Crippen LogP) is 3.97. The van der Waals surface area contributed by atoms with Gasteiger partial charge in [-0.15, -0.1) is 0 Å². The smallest absolute Gasteiger partial charge is 0.404 e. The summed E-state index contributed by atoms with van der Waals surface area (Å²) in [6.07, 6.45) is 2.07. The van der Waals surface area contributed by atoms with Crippen molar-refractivity contribution in [3.05, 3.63) is 56.2 Å². The summed E-state index contributed by atoms with van der Waals surface area (Å²) in [6, 6.07) is 6.58. The van der Waals surface area contributed by atoms with Gasteiger partial charge in [0, 0.05) is 16.8 Å². The van der Waals surface area contributed by atoms with Crippen LogP contribution in [0.2, 0.25) is 5.02 Å². The Bertz CT molecular complexity index is 1020. The Hall–Kier alpha value is -1.48. The molecule has 0 amide bonds. The average molecular weight is 431 g/mol. The van der Waals surface area contributed by atoms with Gasteiger partial charge in [-0.3, -0.25) is 18.6 Å². The van der Waals surface area contributed by atoms with E-state index in [0.717, 1.165) is 0 Å². The first-order valence-corrected chi connectivity index (χ1v) is 10.5. The number of rotatable bonds is 4. The summed E-state index contributed by atoms with van der Waals surface area (Å²) in [5.41, 5.74) is 0.367. The van der Waals surface area contributed by atoms with Crippen molar-refractivity contribution in [2.45, 2.75) is 31.8 Å². The zero-order chi connectivity index (χ0) is 19.0. The average Bonchev–Trinajstić information content (AvgIpc) is 3.09. The van der Waals surface area contributed by atoms with E-state index in [4.69, 9.17) is 42.1 Å². The van der Waals surface area contributed by atoms with Gasteiger partial charge < -0.3 is 9.26 Å². The van der Waals surface area contributed by atoms with E-state index in [2.05, 4.69) is 4.98 Å². The van der Waals surface area contributed by atoms with E-state index in [9.17, 15) is 9.36 Å². The molecule has 4 rings (SSSR count). The molecule has 2 aliphatic heterocycles. The molecule has 11 heteroatoms. The normalized spacial score (nSPS) is 27.1. The van der Waals surface area contributed by atoms with Crippen LogP contribution in [0.1, 0.15) is 24.6 Å². The van der Waals surface area contributed by atoms with Crippen LogP contribution in [0.3, 0.4) is 0 Å². The molecule has 3 unspecified atom stereocenters. The molecular formula is C16H16ClN2O6PS. The van der Waals surface area contributed by atoms with Gasteiger partial charge in [0.05, 0.1) is 19.3 Å². The van der Waals surface area contributed by atoms with E-state index in [0.29, 0.717) is 33.8 Å². The second kappa shape index (κ2) is 7.50. The molecule has 0 saturated carbocycles. The van der Waals surface area contributed by atoms with Gasteiger partial charge >= 0.3 is 13.5 Å². The fourth-order valence-electron chi connectivity index (χ4n) is 2.95. The Kier molecular flexibility index (Phi) is 5.24. The molecule has 144 valence electrons. The Morgan fingerprint density at radius 1 is 1.37 bits per heavy atom. The topological polar surface area (TPSA) is 91.8 Å². The van der Waals surface area contributed by atoms with E-state index in [-0.39, 0.29) is 25.0 Å². The van der Waals surface area contributed by atoms with E-state index < -0.39 is 14.1 Å². The predicted molar refractivity (Wildman–Crippen MR) is 99.5 cm³/mol. The summed E-state index contributed by atoms with van der Waals surface area (Å²) in [5.74, 6) is 0.422. The van der Waals surface area contributed by atoms with Crippen LogP contribution < -0.4 is 10.2 Å². The zero-order valence-corrected chi connectivity index (χ0v) is 16.5. The summed E-state index contributed by atoms with van der Waals surface area (Å²) in [7, 11) is -3.73. The van der Waals surface area contributed by atoms with Crippen LogP contribution in [-0.2, 0) is 25.0 Å². The Morgan fingerprint density at radius 2 is 2.22 bits per heavy atom. The molecule has 1 N–H and O–H groups in total. The highest BCUT2D eigenvalue weighted by Crippen LogP contribution is 2.55. The fraction of sp³-hybridized carbons (Fsp3) is 0.375. The van der Waals surface area contributed by atoms with Crippen molar-refractivity contribution in [2.75, 3.05) is 6.61 Å². The largest absolute Gasteiger partial charge is 0.530 e. The van der Waals surface area contributed by atoms with Gasteiger partial charge in [0.25, 0.3) is 0 Å². The highest BCUT2D eigenvalue weighted by atomic mass is 35.5. The molecule has 0 bridgehead atoms. The summed E-state index contributed by atoms with van der Waals surface area (Å²) in [5, 5.41) is 0.542. The van der Waals surface area contributed by atoms with Crippen LogP contribution in [0.4, 0.5) is 0 Å². The van der Waals surface area contributed by atoms with Crippen molar-refractivity contribution < 1.29 is 22.9 Å². The van der Waals surface area contributed by atoms with Crippen molar-refractivity contribution >= 4 is 31.6 Å². The fourth-order valence-corrected chi connectivity index (χ4v) is 4.54. The molecule has 1 aromatic heterocycles. The highest BCUT2D eigenvalue weighted by Gasteiger charge is 2.37. The first-order valence-electron chi connectivity index (χ1n) is 8.26. The monoisotopic (exact) mass is 430 g/mol. The standard InChI is InChI=1S/C16H16ClN2O6PS/c17-11-1-3-13-10(7-11)8-22-26(21,25-13)23-9-12-2-4-15(24-12)19-6-5-14(27)18-16(19)20/h1,3,5-7,12,15H,2,4,8-9H2,(H,18,20,27). The van der Waals surface area contributed by atoms with E-state index in [1.165, 1.54) is 4.57 Å². The molecule has 1 aromatic carbocycles. The van der Waals surface area contributed by atoms with Crippen LogP contribution in [0.15, 0.2) is 35.3 Å². The number of halogens is 1. The van der Waals surface area contributed by atoms with Crippen molar-refractivity contribution in [1.29, 1.82) is 0 Å². The van der Waals surface area contributed by atoms with Gasteiger partial charge in [0.15, 0.2) is 0 Å². The molecule has 3 atom stereocenters. The minimum Gasteiger partial charge on any atom is -0.404 e. The Labute approximate surface area is 164 Å². The first kappa shape index (κ1) is 18.9. The summed E-state index contributed by atoms with van der Waals surface area (Å²) < 4.78 is 36.4. The molecule has 3 heterocycles. The van der Waals surface area contributed by atoms with Gasteiger partial charge in [-0.1, -0.05) is 23.8 Å². The minimum absolute atomic E-state index is 0.0221. The number of aromatic nitrogens is 2. The SMILES string of the molecule is O=c1[nH]c(=S)ccn1C1CCC(COP2(=O)OCc3cc(Cl)ccc3O2)O1. The second-order valence-electron chi connectivity index (χ2n) is 6.17. The Balaban J connectivity index is 1.37. The van der Waals surface area contributed by atoms with Crippen LogP contribution in [0.5, 0.6) is 5.75 Å². The number of H-pyrrole nitrogens is 1. The number of hydrogen-bond acceptors (Lipinski definition) is 7. The molecule has 2 aromatic rings. The molecule has 2 aliphatic rings. The molecule has 8 nitrogen and oxygen atoms in total. The Morgan fingerprint density at radius 3 is 3.04 bits per heavy atom.